The highest BCUT2D eigenvalue weighted by molar-refractivity contribution is 5.97. The minimum Gasteiger partial charge on any atom is -0.466 e. The van der Waals surface area contributed by atoms with Gasteiger partial charge in [-0.3, -0.25) is 14.5 Å². The molecular formula is C17H27N3O3. The Hall–Kier alpha value is -1.82. The molecule has 0 spiro atoms. The zero-order valence-corrected chi connectivity index (χ0v) is 14.6. The summed E-state index contributed by atoms with van der Waals surface area (Å²) in [5, 5.41) is 2.88. The van der Waals surface area contributed by atoms with Crippen molar-refractivity contribution in [3.8, 4) is 0 Å². The lowest BCUT2D eigenvalue weighted by atomic mass is 10.1. The topological polar surface area (TPSA) is 65.8 Å². The van der Waals surface area contributed by atoms with Crippen molar-refractivity contribution >= 4 is 11.8 Å². The largest absolute Gasteiger partial charge is 0.466 e. The first-order chi connectivity index (χ1) is 10.9. The Bertz CT molecular complexity index is 572. The van der Waals surface area contributed by atoms with Gasteiger partial charge in [0.15, 0.2) is 0 Å². The van der Waals surface area contributed by atoms with Crippen molar-refractivity contribution in [2.24, 2.45) is 0 Å². The molecule has 2 amide bonds. The predicted molar refractivity (Wildman–Crippen MR) is 88.6 cm³/mol. The van der Waals surface area contributed by atoms with E-state index in [0.717, 1.165) is 37.4 Å². The molecule has 0 bridgehead atoms. The van der Waals surface area contributed by atoms with Crippen LogP contribution in [-0.4, -0.2) is 60.9 Å². The van der Waals surface area contributed by atoms with Crippen molar-refractivity contribution in [2.75, 3.05) is 39.3 Å². The van der Waals surface area contributed by atoms with Crippen LogP contribution < -0.4 is 5.32 Å². The quantitative estimate of drug-likeness (QED) is 0.892. The zero-order chi connectivity index (χ0) is 17.0. The Morgan fingerprint density at radius 2 is 1.74 bits per heavy atom. The first-order valence-electron chi connectivity index (χ1n) is 8.29. The summed E-state index contributed by atoms with van der Waals surface area (Å²) in [6.45, 7) is 11.5. The second-order valence-corrected chi connectivity index (χ2v) is 6.13. The Labute approximate surface area is 137 Å². The van der Waals surface area contributed by atoms with Gasteiger partial charge in [-0.05, 0) is 27.2 Å². The van der Waals surface area contributed by atoms with Crippen molar-refractivity contribution in [1.29, 1.82) is 0 Å². The van der Waals surface area contributed by atoms with E-state index in [-0.39, 0.29) is 11.8 Å². The van der Waals surface area contributed by atoms with Gasteiger partial charge in [-0.15, -0.1) is 0 Å². The SMILES string of the molecule is CCCNC(=O)CN1CCN(C(=O)c2c(C)oc(C)c2C)CC1. The number of hydrogen-bond acceptors (Lipinski definition) is 4. The molecule has 23 heavy (non-hydrogen) atoms. The molecule has 1 aromatic heterocycles. The molecule has 0 unspecified atom stereocenters. The summed E-state index contributed by atoms with van der Waals surface area (Å²) in [6.07, 6.45) is 0.941. The summed E-state index contributed by atoms with van der Waals surface area (Å²) in [5.41, 5.74) is 1.62. The molecule has 1 aliphatic rings. The molecule has 1 N–H and O–H groups in total. The molecule has 6 nitrogen and oxygen atoms in total. The van der Waals surface area contributed by atoms with Gasteiger partial charge in [0.05, 0.1) is 12.1 Å². The van der Waals surface area contributed by atoms with Gasteiger partial charge < -0.3 is 14.6 Å². The molecular weight excluding hydrogens is 294 g/mol. The molecule has 0 aromatic carbocycles. The smallest absolute Gasteiger partial charge is 0.257 e. The van der Waals surface area contributed by atoms with E-state index in [2.05, 4.69) is 10.2 Å². The van der Waals surface area contributed by atoms with Crippen LogP contribution in [0.3, 0.4) is 0 Å². The van der Waals surface area contributed by atoms with Gasteiger partial charge in [0, 0.05) is 38.3 Å². The van der Waals surface area contributed by atoms with Crippen LogP contribution in [-0.2, 0) is 4.79 Å². The molecule has 6 heteroatoms. The molecule has 1 aliphatic heterocycles. The molecule has 0 aliphatic carbocycles. The number of amides is 2. The van der Waals surface area contributed by atoms with Crippen LogP contribution >= 0.6 is 0 Å². The molecule has 0 radical (unpaired) electrons. The third-order valence-electron chi connectivity index (χ3n) is 4.37. The van der Waals surface area contributed by atoms with Crippen LogP contribution in [0, 0.1) is 20.8 Å². The average Bonchev–Trinajstić information content (AvgIpc) is 2.78. The fraction of sp³-hybridized carbons (Fsp3) is 0.647. The fourth-order valence-electron chi connectivity index (χ4n) is 2.90. The standard InChI is InChI=1S/C17H27N3O3/c1-5-6-18-15(21)11-19-7-9-20(10-8-19)17(22)16-12(2)13(3)23-14(16)4/h5-11H2,1-4H3,(H,18,21). The molecule has 0 saturated carbocycles. The van der Waals surface area contributed by atoms with Crippen molar-refractivity contribution in [3.63, 3.8) is 0 Å². The van der Waals surface area contributed by atoms with Crippen molar-refractivity contribution in [2.45, 2.75) is 34.1 Å². The third kappa shape index (κ3) is 4.13. The monoisotopic (exact) mass is 321 g/mol. The van der Waals surface area contributed by atoms with Gasteiger partial charge >= 0.3 is 0 Å². The summed E-state index contributed by atoms with van der Waals surface area (Å²) in [6, 6.07) is 0. The number of hydrogen-bond donors (Lipinski definition) is 1. The Kier molecular flexibility index (Phi) is 5.82. The maximum Gasteiger partial charge on any atom is 0.257 e. The summed E-state index contributed by atoms with van der Waals surface area (Å²) in [5.74, 6) is 1.58. The van der Waals surface area contributed by atoms with Gasteiger partial charge in [-0.25, -0.2) is 0 Å². The summed E-state index contributed by atoms with van der Waals surface area (Å²) in [7, 11) is 0. The number of nitrogens with one attached hydrogen (secondary N) is 1. The van der Waals surface area contributed by atoms with Crippen LogP contribution in [0.5, 0.6) is 0 Å². The van der Waals surface area contributed by atoms with E-state index in [1.54, 1.807) is 0 Å². The molecule has 1 fully saturated rings. The predicted octanol–water partition coefficient (Wildman–Crippen LogP) is 1.49. The van der Waals surface area contributed by atoms with Gasteiger partial charge in [-0.1, -0.05) is 6.92 Å². The number of carbonyl (C=O) groups excluding carboxylic acids is 2. The van der Waals surface area contributed by atoms with Crippen LogP contribution in [0.4, 0.5) is 0 Å². The van der Waals surface area contributed by atoms with E-state index < -0.39 is 0 Å². The molecule has 1 aromatic rings. The first kappa shape index (κ1) is 17.5. The van der Waals surface area contributed by atoms with Crippen molar-refractivity contribution < 1.29 is 14.0 Å². The lowest BCUT2D eigenvalue weighted by molar-refractivity contribution is -0.122. The Balaban J connectivity index is 1.89. The van der Waals surface area contributed by atoms with Crippen molar-refractivity contribution in [1.82, 2.24) is 15.1 Å². The van der Waals surface area contributed by atoms with Crippen molar-refractivity contribution in [3.05, 3.63) is 22.6 Å². The number of rotatable bonds is 5. The van der Waals surface area contributed by atoms with Gasteiger partial charge in [0.1, 0.15) is 11.5 Å². The third-order valence-corrected chi connectivity index (χ3v) is 4.37. The minimum atomic E-state index is 0.0342. The lowest BCUT2D eigenvalue weighted by Gasteiger charge is -2.34. The number of nitrogens with zero attached hydrogens (tertiary/aromatic N) is 2. The van der Waals surface area contributed by atoms with Crippen LogP contribution in [0.15, 0.2) is 4.42 Å². The number of aryl methyl sites for hydroxylation is 2. The maximum atomic E-state index is 12.7. The Morgan fingerprint density at radius 3 is 2.26 bits per heavy atom. The van der Waals surface area contributed by atoms with Crippen LogP contribution in [0.25, 0.3) is 0 Å². The minimum absolute atomic E-state index is 0.0342. The second kappa shape index (κ2) is 7.64. The summed E-state index contributed by atoms with van der Waals surface area (Å²) in [4.78, 5) is 28.4. The van der Waals surface area contributed by atoms with E-state index in [4.69, 9.17) is 4.42 Å². The molecule has 2 heterocycles. The van der Waals surface area contributed by atoms with E-state index in [1.807, 2.05) is 32.6 Å². The van der Waals surface area contributed by atoms with Gasteiger partial charge in [0.2, 0.25) is 5.91 Å². The highest BCUT2D eigenvalue weighted by Crippen LogP contribution is 2.22. The maximum absolute atomic E-state index is 12.7. The number of piperazine rings is 1. The normalized spacial score (nSPS) is 15.7. The highest BCUT2D eigenvalue weighted by atomic mass is 16.3. The van der Waals surface area contributed by atoms with Crippen LogP contribution in [0.2, 0.25) is 0 Å². The highest BCUT2D eigenvalue weighted by Gasteiger charge is 2.27. The molecule has 1 saturated heterocycles. The van der Waals surface area contributed by atoms with E-state index >= 15 is 0 Å². The van der Waals surface area contributed by atoms with Crippen LogP contribution in [0.1, 0.15) is 40.8 Å². The van der Waals surface area contributed by atoms with E-state index in [9.17, 15) is 9.59 Å². The molecule has 128 valence electrons. The first-order valence-corrected chi connectivity index (χ1v) is 8.29. The molecule has 2 rings (SSSR count). The van der Waals surface area contributed by atoms with E-state index in [1.165, 1.54) is 0 Å². The number of furan rings is 1. The summed E-state index contributed by atoms with van der Waals surface area (Å²) >= 11 is 0. The Morgan fingerprint density at radius 1 is 1.09 bits per heavy atom. The average molecular weight is 321 g/mol. The fourth-order valence-corrected chi connectivity index (χ4v) is 2.90. The van der Waals surface area contributed by atoms with E-state index in [0.29, 0.717) is 31.0 Å². The number of carbonyl (C=O) groups is 2. The second-order valence-electron chi connectivity index (χ2n) is 6.13. The lowest BCUT2D eigenvalue weighted by Crippen LogP contribution is -2.51. The summed E-state index contributed by atoms with van der Waals surface area (Å²) < 4.78 is 5.56. The van der Waals surface area contributed by atoms with Gasteiger partial charge in [0.25, 0.3) is 5.91 Å². The zero-order valence-electron chi connectivity index (χ0n) is 14.6. The molecule has 0 atom stereocenters. The van der Waals surface area contributed by atoms with Gasteiger partial charge in [-0.2, -0.15) is 0 Å².